The molecule has 1 aromatic rings. The average Bonchev–Trinajstić information content (AvgIpc) is 2.48. The normalized spacial score (nSPS) is 18.5. The summed E-state index contributed by atoms with van der Waals surface area (Å²) in [4.78, 5) is 0. The van der Waals surface area contributed by atoms with Gasteiger partial charge in [-0.25, -0.2) is 0 Å². The van der Waals surface area contributed by atoms with E-state index in [1.54, 1.807) is 0 Å². The zero-order valence-electron chi connectivity index (χ0n) is 11.7. The van der Waals surface area contributed by atoms with Crippen molar-refractivity contribution >= 4 is 0 Å². The molecule has 1 atom stereocenters. The molecule has 0 aliphatic carbocycles. The third-order valence-electron chi connectivity index (χ3n) is 3.93. The lowest BCUT2D eigenvalue weighted by atomic mass is 9.86. The minimum absolute atomic E-state index is 0.0226. The maximum Gasteiger partial charge on any atom is 0.416 e. The maximum atomic E-state index is 12.5. The summed E-state index contributed by atoms with van der Waals surface area (Å²) in [5.41, 5.74) is -0.688. The Bertz CT molecular complexity index is 428. The van der Waals surface area contributed by atoms with E-state index in [0.29, 0.717) is 18.3 Å². The summed E-state index contributed by atoms with van der Waals surface area (Å²) >= 11 is 0. The van der Waals surface area contributed by atoms with Gasteiger partial charge >= 0.3 is 6.18 Å². The van der Waals surface area contributed by atoms with Gasteiger partial charge in [0.05, 0.1) is 12.2 Å². The van der Waals surface area contributed by atoms with Crippen molar-refractivity contribution in [3.8, 4) is 5.75 Å². The predicted octanol–water partition coefficient (Wildman–Crippen LogP) is 2.69. The number of aliphatic hydroxyl groups is 1. The second kappa shape index (κ2) is 7.13. The van der Waals surface area contributed by atoms with E-state index in [9.17, 15) is 18.3 Å². The topological polar surface area (TPSA) is 41.5 Å². The Balaban J connectivity index is 1.89. The van der Waals surface area contributed by atoms with E-state index in [1.807, 2.05) is 0 Å². The fourth-order valence-electron chi connectivity index (χ4n) is 2.60. The van der Waals surface area contributed by atoms with Gasteiger partial charge in [-0.3, -0.25) is 0 Å². The molecule has 6 heteroatoms. The van der Waals surface area contributed by atoms with Gasteiger partial charge in [0.25, 0.3) is 0 Å². The van der Waals surface area contributed by atoms with Crippen molar-refractivity contribution in [2.24, 2.45) is 11.8 Å². The second-order valence-electron chi connectivity index (χ2n) is 5.36. The van der Waals surface area contributed by atoms with Gasteiger partial charge in [0.2, 0.25) is 0 Å². The summed E-state index contributed by atoms with van der Waals surface area (Å²) in [6.07, 6.45) is -2.36. The van der Waals surface area contributed by atoms with Gasteiger partial charge in [-0.05, 0) is 56.1 Å². The highest BCUT2D eigenvalue weighted by Crippen LogP contribution is 2.30. The number of benzene rings is 1. The molecule has 1 heterocycles. The van der Waals surface area contributed by atoms with Gasteiger partial charge in [-0.2, -0.15) is 13.2 Å². The molecule has 1 aliphatic heterocycles. The molecule has 0 bridgehead atoms. The SMILES string of the molecule is OCC(COc1ccc(C(F)(F)F)cc1)C1CCNCC1. The van der Waals surface area contributed by atoms with Crippen LogP contribution in [0, 0.1) is 11.8 Å². The molecule has 0 spiro atoms. The number of halogens is 3. The molecule has 1 unspecified atom stereocenters. The molecule has 2 rings (SSSR count). The number of piperidine rings is 1. The second-order valence-corrected chi connectivity index (χ2v) is 5.36. The molecule has 1 aromatic carbocycles. The van der Waals surface area contributed by atoms with Gasteiger partial charge in [-0.15, -0.1) is 0 Å². The molecule has 2 N–H and O–H groups in total. The minimum Gasteiger partial charge on any atom is -0.493 e. The van der Waals surface area contributed by atoms with E-state index in [0.717, 1.165) is 38.1 Å². The smallest absolute Gasteiger partial charge is 0.416 e. The van der Waals surface area contributed by atoms with Crippen molar-refractivity contribution < 1.29 is 23.0 Å². The number of rotatable bonds is 5. The van der Waals surface area contributed by atoms with Gasteiger partial charge in [0.1, 0.15) is 5.75 Å². The van der Waals surface area contributed by atoms with Crippen molar-refractivity contribution in [3.05, 3.63) is 29.8 Å². The number of alkyl halides is 3. The standard InChI is InChI=1S/C15H20F3NO2/c16-15(17,18)13-1-3-14(4-2-13)21-10-12(9-20)11-5-7-19-8-6-11/h1-4,11-12,19-20H,5-10H2. The summed E-state index contributed by atoms with van der Waals surface area (Å²) in [7, 11) is 0. The van der Waals surface area contributed by atoms with Crippen LogP contribution in [-0.2, 0) is 6.18 Å². The third kappa shape index (κ3) is 4.61. The van der Waals surface area contributed by atoms with E-state index < -0.39 is 11.7 Å². The molecule has 0 aromatic heterocycles. The first-order valence-electron chi connectivity index (χ1n) is 7.12. The fraction of sp³-hybridized carbons (Fsp3) is 0.600. The van der Waals surface area contributed by atoms with Gasteiger partial charge in [0, 0.05) is 12.5 Å². The van der Waals surface area contributed by atoms with Crippen LogP contribution >= 0.6 is 0 Å². The first-order chi connectivity index (χ1) is 10.0. The van der Waals surface area contributed by atoms with Crippen LogP contribution in [0.1, 0.15) is 18.4 Å². The number of ether oxygens (including phenoxy) is 1. The van der Waals surface area contributed by atoms with Crippen LogP contribution in [0.3, 0.4) is 0 Å². The number of aliphatic hydroxyl groups excluding tert-OH is 1. The number of hydrogen-bond donors (Lipinski definition) is 2. The highest BCUT2D eigenvalue weighted by atomic mass is 19.4. The molecule has 118 valence electrons. The van der Waals surface area contributed by atoms with Crippen LogP contribution in [0.5, 0.6) is 5.75 Å². The van der Waals surface area contributed by atoms with Crippen molar-refractivity contribution in [3.63, 3.8) is 0 Å². The highest BCUT2D eigenvalue weighted by molar-refractivity contribution is 5.28. The molecule has 0 saturated carbocycles. The third-order valence-corrected chi connectivity index (χ3v) is 3.93. The Kier molecular flexibility index (Phi) is 5.47. The molecule has 0 amide bonds. The average molecular weight is 303 g/mol. The summed E-state index contributed by atoms with van der Waals surface area (Å²) in [6, 6.07) is 4.65. The predicted molar refractivity (Wildman–Crippen MR) is 73.1 cm³/mol. The Morgan fingerprint density at radius 3 is 2.33 bits per heavy atom. The Labute approximate surface area is 122 Å². The lowest BCUT2D eigenvalue weighted by Crippen LogP contribution is -2.35. The first kappa shape index (κ1) is 16.1. The molecule has 1 saturated heterocycles. The van der Waals surface area contributed by atoms with Crippen molar-refractivity contribution in [1.29, 1.82) is 0 Å². The summed E-state index contributed by atoms with van der Waals surface area (Å²) in [6.45, 7) is 2.22. The molecule has 3 nitrogen and oxygen atoms in total. The summed E-state index contributed by atoms with van der Waals surface area (Å²) in [5, 5.41) is 12.7. The van der Waals surface area contributed by atoms with E-state index in [2.05, 4.69) is 5.32 Å². The zero-order chi connectivity index (χ0) is 15.3. The van der Waals surface area contributed by atoms with Gasteiger partial charge in [0.15, 0.2) is 0 Å². The molecule has 21 heavy (non-hydrogen) atoms. The first-order valence-corrected chi connectivity index (χ1v) is 7.12. The Morgan fingerprint density at radius 1 is 1.19 bits per heavy atom. The zero-order valence-corrected chi connectivity index (χ0v) is 11.7. The van der Waals surface area contributed by atoms with Crippen molar-refractivity contribution in [2.45, 2.75) is 19.0 Å². The van der Waals surface area contributed by atoms with Gasteiger partial charge in [-0.1, -0.05) is 0 Å². The molecular formula is C15H20F3NO2. The fourth-order valence-corrected chi connectivity index (χ4v) is 2.60. The maximum absolute atomic E-state index is 12.5. The van der Waals surface area contributed by atoms with Crippen LogP contribution in [0.2, 0.25) is 0 Å². The van der Waals surface area contributed by atoms with E-state index in [1.165, 1.54) is 12.1 Å². The summed E-state index contributed by atoms with van der Waals surface area (Å²) in [5.74, 6) is 0.815. The Morgan fingerprint density at radius 2 is 1.81 bits per heavy atom. The van der Waals surface area contributed by atoms with Crippen LogP contribution < -0.4 is 10.1 Å². The van der Waals surface area contributed by atoms with E-state index in [-0.39, 0.29) is 12.5 Å². The lowest BCUT2D eigenvalue weighted by molar-refractivity contribution is -0.137. The quantitative estimate of drug-likeness (QED) is 0.879. The van der Waals surface area contributed by atoms with Crippen LogP contribution in [0.15, 0.2) is 24.3 Å². The van der Waals surface area contributed by atoms with E-state index in [4.69, 9.17) is 4.74 Å². The minimum atomic E-state index is -4.33. The van der Waals surface area contributed by atoms with Crippen LogP contribution in [-0.4, -0.2) is 31.4 Å². The van der Waals surface area contributed by atoms with E-state index >= 15 is 0 Å². The molecule has 1 aliphatic rings. The van der Waals surface area contributed by atoms with Crippen molar-refractivity contribution in [1.82, 2.24) is 5.32 Å². The van der Waals surface area contributed by atoms with Crippen LogP contribution in [0.25, 0.3) is 0 Å². The molecule has 0 radical (unpaired) electrons. The number of nitrogens with one attached hydrogen (secondary N) is 1. The van der Waals surface area contributed by atoms with Gasteiger partial charge < -0.3 is 15.2 Å². The Hall–Kier alpha value is -1.27. The number of hydrogen-bond acceptors (Lipinski definition) is 3. The highest BCUT2D eigenvalue weighted by Gasteiger charge is 2.30. The molecular weight excluding hydrogens is 283 g/mol. The molecule has 1 fully saturated rings. The van der Waals surface area contributed by atoms with Crippen LogP contribution in [0.4, 0.5) is 13.2 Å². The van der Waals surface area contributed by atoms with Crippen molar-refractivity contribution in [2.75, 3.05) is 26.3 Å². The largest absolute Gasteiger partial charge is 0.493 e. The monoisotopic (exact) mass is 303 g/mol. The lowest BCUT2D eigenvalue weighted by Gasteiger charge is -2.29. The summed E-state index contributed by atoms with van der Waals surface area (Å²) < 4.78 is 42.9.